The normalized spacial score (nSPS) is 21.0. The Hall–Kier alpha value is -3.80. The topological polar surface area (TPSA) is 149 Å². The fourth-order valence-electron chi connectivity index (χ4n) is 5.14. The number of phenolic OH excluding ortho intramolecular Hbond substituents is 1. The summed E-state index contributed by atoms with van der Waals surface area (Å²) in [6.45, 7) is 3.15. The van der Waals surface area contributed by atoms with Crippen molar-refractivity contribution in [2.75, 3.05) is 20.1 Å². The van der Waals surface area contributed by atoms with Crippen LogP contribution in [0.5, 0.6) is 5.75 Å². The van der Waals surface area contributed by atoms with E-state index in [0.717, 1.165) is 22.3 Å². The second-order valence-electron chi connectivity index (χ2n) is 11.1. The Bertz CT molecular complexity index is 1350. The van der Waals surface area contributed by atoms with Gasteiger partial charge in [-0.25, -0.2) is 0 Å². The van der Waals surface area contributed by atoms with Gasteiger partial charge in [-0.3, -0.25) is 9.59 Å². The number of hydrogen-bond acceptors (Lipinski definition) is 8. The maximum absolute atomic E-state index is 11.9. The van der Waals surface area contributed by atoms with Gasteiger partial charge in [0.2, 0.25) is 5.91 Å². The number of carboxylic acids is 1. The first-order valence-corrected chi connectivity index (χ1v) is 14.4. The molecule has 3 aromatic rings. The van der Waals surface area contributed by atoms with E-state index in [9.17, 15) is 24.9 Å². The van der Waals surface area contributed by atoms with Gasteiger partial charge in [-0.15, -0.1) is 0 Å². The highest BCUT2D eigenvalue weighted by Gasteiger charge is 2.39. The zero-order valence-corrected chi connectivity index (χ0v) is 24.4. The largest absolute Gasteiger partial charge is 0.508 e. The molecule has 1 saturated heterocycles. The lowest BCUT2D eigenvalue weighted by atomic mass is 9.90. The van der Waals surface area contributed by atoms with Crippen LogP contribution in [0.1, 0.15) is 66.1 Å². The number of carboxylic acid groups (broad SMARTS) is 1. The van der Waals surface area contributed by atoms with E-state index in [-0.39, 0.29) is 55.8 Å². The van der Waals surface area contributed by atoms with Crippen molar-refractivity contribution < 1.29 is 39.5 Å². The summed E-state index contributed by atoms with van der Waals surface area (Å²) in [5.41, 5.74) is 4.06. The van der Waals surface area contributed by atoms with Crippen LogP contribution in [0.3, 0.4) is 0 Å². The van der Waals surface area contributed by atoms with E-state index in [2.05, 4.69) is 12.2 Å². The summed E-state index contributed by atoms with van der Waals surface area (Å²) in [6.07, 6.45) is -2.30. The standard InChI is InChI=1S/C33H40N2O8/c1-21-29(19-35(2)18-28(38)26-4-3-5-27(37)16-26)42-33(43-32(21)24-10-8-23(20-36)9-11-24)25-12-6-22(7-13-25)17-34-30(39)14-15-31(40)41/h3-13,16,21,28-29,32-33,36-38H,14-15,17-20H2,1-2H3,(H,34,39)(H,40,41)/t21-,28-,29+,32+,33+/m1/s1. The Kier molecular flexibility index (Phi) is 11.3. The number of phenols is 1. The number of aliphatic hydroxyl groups is 2. The van der Waals surface area contributed by atoms with Crippen LogP contribution >= 0.6 is 0 Å². The molecule has 0 aromatic heterocycles. The third-order valence-electron chi connectivity index (χ3n) is 7.66. The van der Waals surface area contributed by atoms with Gasteiger partial charge in [0.15, 0.2) is 6.29 Å². The number of likely N-dealkylation sites (N-methyl/N-ethyl adjacent to an activating group) is 1. The molecule has 1 aliphatic rings. The van der Waals surface area contributed by atoms with E-state index >= 15 is 0 Å². The summed E-state index contributed by atoms with van der Waals surface area (Å²) in [5, 5.41) is 41.6. The first-order chi connectivity index (χ1) is 20.6. The highest BCUT2D eigenvalue weighted by atomic mass is 16.7. The monoisotopic (exact) mass is 592 g/mol. The van der Waals surface area contributed by atoms with Gasteiger partial charge in [0.05, 0.1) is 31.3 Å². The molecule has 1 heterocycles. The Balaban J connectivity index is 1.47. The molecule has 230 valence electrons. The smallest absolute Gasteiger partial charge is 0.303 e. The van der Waals surface area contributed by atoms with Crippen molar-refractivity contribution >= 4 is 11.9 Å². The number of nitrogens with one attached hydrogen (secondary N) is 1. The number of aromatic hydroxyl groups is 1. The molecule has 4 rings (SSSR count). The van der Waals surface area contributed by atoms with E-state index < -0.39 is 18.4 Å². The first kappa shape index (κ1) is 32.1. The van der Waals surface area contributed by atoms with Crippen LogP contribution in [0.2, 0.25) is 0 Å². The molecule has 0 radical (unpaired) electrons. The van der Waals surface area contributed by atoms with Crippen LogP contribution < -0.4 is 5.32 Å². The third kappa shape index (κ3) is 9.09. The number of aliphatic carboxylic acids is 1. The highest BCUT2D eigenvalue weighted by Crippen LogP contribution is 2.42. The molecule has 0 spiro atoms. The van der Waals surface area contributed by atoms with Crippen molar-refractivity contribution in [1.29, 1.82) is 0 Å². The Morgan fingerprint density at radius 1 is 0.953 bits per heavy atom. The van der Waals surface area contributed by atoms with Crippen LogP contribution in [-0.2, 0) is 32.2 Å². The van der Waals surface area contributed by atoms with Crippen LogP contribution in [-0.4, -0.2) is 63.4 Å². The zero-order chi connectivity index (χ0) is 30.9. The SMILES string of the molecule is C[C@@H]1[C@H](CN(C)C[C@@H](O)c2cccc(O)c2)O[C@H](c2ccc(CNC(=O)CCC(=O)O)cc2)O[C@@H]1c1ccc(CO)cc1. The van der Waals surface area contributed by atoms with E-state index in [1.165, 1.54) is 0 Å². The fourth-order valence-corrected chi connectivity index (χ4v) is 5.14. The summed E-state index contributed by atoms with van der Waals surface area (Å²) < 4.78 is 13.0. The second-order valence-corrected chi connectivity index (χ2v) is 11.1. The molecule has 1 aliphatic heterocycles. The molecule has 1 fully saturated rings. The molecular formula is C33H40N2O8. The third-order valence-corrected chi connectivity index (χ3v) is 7.66. The molecule has 0 aliphatic carbocycles. The van der Waals surface area contributed by atoms with Crippen molar-refractivity contribution in [3.8, 4) is 5.75 Å². The number of amides is 1. The number of aliphatic hydroxyl groups excluding tert-OH is 2. The van der Waals surface area contributed by atoms with Gasteiger partial charge in [-0.1, -0.05) is 67.6 Å². The van der Waals surface area contributed by atoms with Crippen LogP contribution in [0.4, 0.5) is 0 Å². The predicted molar refractivity (Wildman–Crippen MR) is 159 cm³/mol. The van der Waals surface area contributed by atoms with E-state index in [1.807, 2.05) is 60.5 Å². The van der Waals surface area contributed by atoms with E-state index in [1.54, 1.807) is 24.3 Å². The van der Waals surface area contributed by atoms with E-state index in [4.69, 9.17) is 14.6 Å². The number of carbonyl (C=O) groups excluding carboxylic acids is 1. The molecule has 5 N–H and O–H groups in total. The molecular weight excluding hydrogens is 552 g/mol. The molecule has 0 bridgehead atoms. The molecule has 10 heteroatoms. The molecule has 0 saturated carbocycles. The molecule has 1 amide bonds. The van der Waals surface area contributed by atoms with Crippen molar-refractivity contribution in [2.24, 2.45) is 5.92 Å². The molecule has 5 atom stereocenters. The average Bonchev–Trinajstić information content (AvgIpc) is 3.00. The lowest BCUT2D eigenvalue weighted by Gasteiger charge is -2.42. The molecule has 10 nitrogen and oxygen atoms in total. The summed E-state index contributed by atoms with van der Waals surface area (Å²) in [7, 11) is 1.91. The van der Waals surface area contributed by atoms with Gasteiger partial charge in [-0.05, 0) is 41.4 Å². The lowest BCUT2D eigenvalue weighted by Crippen LogP contribution is -2.44. The number of carbonyl (C=O) groups is 2. The number of ether oxygens (including phenoxy) is 2. The van der Waals surface area contributed by atoms with Gasteiger partial charge >= 0.3 is 5.97 Å². The van der Waals surface area contributed by atoms with Crippen LogP contribution in [0.25, 0.3) is 0 Å². The van der Waals surface area contributed by atoms with Gasteiger partial charge in [-0.2, -0.15) is 0 Å². The predicted octanol–water partition coefficient (Wildman–Crippen LogP) is 3.82. The summed E-state index contributed by atoms with van der Waals surface area (Å²) in [4.78, 5) is 24.6. The van der Waals surface area contributed by atoms with Gasteiger partial charge in [0, 0.05) is 37.5 Å². The Morgan fingerprint density at radius 2 is 1.63 bits per heavy atom. The zero-order valence-electron chi connectivity index (χ0n) is 24.4. The van der Waals surface area contributed by atoms with Crippen molar-refractivity contribution in [1.82, 2.24) is 10.2 Å². The summed E-state index contributed by atoms with van der Waals surface area (Å²) in [6, 6.07) is 21.8. The molecule has 3 aromatic carbocycles. The van der Waals surface area contributed by atoms with Crippen molar-refractivity contribution in [3.05, 3.63) is 101 Å². The molecule has 43 heavy (non-hydrogen) atoms. The number of nitrogens with zero attached hydrogens (tertiary/aromatic N) is 1. The Morgan fingerprint density at radius 3 is 2.28 bits per heavy atom. The minimum atomic E-state index is -1.01. The van der Waals surface area contributed by atoms with Crippen molar-refractivity contribution in [2.45, 2.75) is 57.5 Å². The lowest BCUT2D eigenvalue weighted by molar-refractivity contribution is -0.276. The fraction of sp³-hybridized carbons (Fsp3) is 0.394. The maximum atomic E-state index is 11.9. The summed E-state index contributed by atoms with van der Waals surface area (Å²) in [5.74, 6) is -1.28. The summed E-state index contributed by atoms with van der Waals surface area (Å²) >= 11 is 0. The minimum absolute atomic E-state index is 0.0446. The van der Waals surface area contributed by atoms with Crippen molar-refractivity contribution in [3.63, 3.8) is 0 Å². The van der Waals surface area contributed by atoms with Gasteiger partial charge in [0.25, 0.3) is 0 Å². The quantitative estimate of drug-likeness (QED) is 0.200. The first-order valence-electron chi connectivity index (χ1n) is 14.4. The van der Waals surface area contributed by atoms with Gasteiger partial charge in [0.1, 0.15) is 5.75 Å². The van der Waals surface area contributed by atoms with E-state index in [0.29, 0.717) is 18.7 Å². The number of rotatable bonds is 13. The number of hydrogen-bond donors (Lipinski definition) is 5. The van der Waals surface area contributed by atoms with Crippen LogP contribution in [0.15, 0.2) is 72.8 Å². The second kappa shape index (κ2) is 15.1. The van der Waals surface area contributed by atoms with Gasteiger partial charge < -0.3 is 40.1 Å². The molecule has 0 unspecified atom stereocenters. The number of benzene rings is 3. The maximum Gasteiger partial charge on any atom is 0.303 e. The minimum Gasteiger partial charge on any atom is -0.508 e. The Labute approximate surface area is 251 Å². The highest BCUT2D eigenvalue weighted by molar-refractivity contribution is 5.80. The average molecular weight is 593 g/mol. The van der Waals surface area contributed by atoms with Crippen LogP contribution in [0, 0.1) is 5.92 Å².